The van der Waals surface area contributed by atoms with E-state index in [0.717, 1.165) is 0 Å². The molecule has 0 unspecified atom stereocenters. The molecule has 0 aliphatic heterocycles. The van der Waals surface area contributed by atoms with Gasteiger partial charge in [-0.25, -0.2) is 14.4 Å². The Balaban J connectivity index is 2.98. The average Bonchev–Trinajstić information content (AvgIpc) is 2.80. The number of nitrogens with one attached hydrogen (secondary N) is 1. The third kappa shape index (κ3) is 10.1. The fraction of sp³-hybridized carbons (Fsp3) is 0.423. The van der Waals surface area contributed by atoms with Crippen LogP contribution in [0.2, 0.25) is 0 Å². The molecule has 0 aliphatic carbocycles. The minimum atomic E-state index is -0.792. The summed E-state index contributed by atoms with van der Waals surface area (Å²) in [5, 5.41) is 2.71. The van der Waals surface area contributed by atoms with E-state index in [0.29, 0.717) is 6.42 Å². The molecular weight excluding hydrogens is 470 g/mol. The highest BCUT2D eigenvalue weighted by atomic mass is 16.6. The minimum Gasteiger partial charge on any atom is -0.462 e. The molecule has 0 aromatic heterocycles. The van der Waals surface area contributed by atoms with Crippen LogP contribution in [0.15, 0.2) is 42.5 Å². The lowest BCUT2D eigenvalue weighted by molar-refractivity contribution is -0.142. The van der Waals surface area contributed by atoms with Crippen LogP contribution in [-0.2, 0) is 33.4 Å². The van der Waals surface area contributed by atoms with Crippen molar-refractivity contribution < 1.29 is 42.9 Å². The van der Waals surface area contributed by atoms with Crippen molar-refractivity contribution in [2.24, 2.45) is 5.41 Å². The number of esters is 4. The smallest absolute Gasteiger partial charge is 0.338 e. The molecular formula is C26H33NO9. The second-order valence-electron chi connectivity index (χ2n) is 8.63. The first kappa shape index (κ1) is 30.1. The van der Waals surface area contributed by atoms with E-state index in [1.165, 1.54) is 32.0 Å². The van der Waals surface area contributed by atoms with Crippen molar-refractivity contribution in [1.29, 1.82) is 0 Å². The molecule has 0 heterocycles. The number of benzene rings is 1. The van der Waals surface area contributed by atoms with Crippen molar-refractivity contribution in [3.63, 3.8) is 0 Å². The molecule has 0 aliphatic rings. The van der Waals surface area contributed by atoms with Crippen molar-refractivity contribution in [3.8, 4) is 5.75 Å². The first-order chi connectivity index (χ1) is 16.8. The number of amides is 1. The molecule has 1 aromatic carbocycles. The van der Waals surface area contributed by atoms with Crippen LogP contribution in [0.3, 0.4) is 0 Å². The first-order valence-corrected chi connectivity index (χ1v) is 11.3. The molecule has 10 heteroatoms. The lowest BCUT2D eigenvalue weighted by atomic mass is 9.89. The Hall–Kier alpha value is -3.95. The third-order valence-corrected chi connectivity index (χ3v) is 4.92. The summed E-state index contributed by atoms with van der Waals surface area (Å²) in [4.78, 5) is 60.3. The van der Waals surface area contributed by atoms with Gasteiger partial charge in [-0.1, -0.05) is 33.9 Å². The van der Waals surface area contributed by atoms with Gasteiger partial charge in [0.15, 0.2) is 0 Å². The van der Waals surface area contributed by atoms with Gasteiger partial charge in [-0.2, -0.15) is 0 Å². The van der Waals surface area contributed by atoms with Crippen molar-refractivity contribution >= 4 is 35.5 Å². The molecule has 1 rings (SSSR count). The van der Waals surface area contributed by atoms with Gasteiger partial charge in [0, 0.05) is 28.3 Å². The summed E-state index contributed by atoms with van der Waals surface area (Å²) in [6.07, 6.45) is 0.320. The van der Waals surface area contributed by atoms with Crippen LogP contribution in [0.25, 0.3) is 0 Å². The standard InChI is InChI=1S/C26H33NO9/c1-8-26(6,7)25(32)27-19-13-18(24(31)35-12-11-34-23(30)17(4)5)14-20(15-19)36-21(28)9-10-33-22(29)16(2)3/h13-15H,2,4,8-12H2,1,3,5-7H3,(H,27,32). The number of anilines is 1. The van der Waals surface area contributed by atoms with E-state index in [1.54, 1.807) is 13.8 Å². The van der Waals surface area contributed by atoms with E-state index in [2.05, 4.69) is 18.5 Å². The first-order valence-electron chi connectivity index (χ1n) is 11.3. The van der Waals surface area contributed by atoms with E-state index >= 15 is 0 Å². The third-order valence-electron chi connectivity index (χ3n) is 4.92. The zero-order valence-electron chi connectivity index (χ0n) is 21.4. The fourth-order valence-corrected chi connectivity index (χ4v) is 2.32. The SMILES string of the molecule is C=C(C)C(=O)OCCOC(=O)c1cc(NC(=O)C(C)(C)CC)cc(OC(=O)CCOC(=O)C(=C)C)c1. The maximum atomic E-state index is 12.6. The predicted octanol–water partition coefficient (Wildman–Crippen LogP) is 3.75. The molecule has 0 spiro atoms. The topological polar surface area (TPSA) is 134 Å². The summed E-state index contributed by atoms with van der Waals surface area (Å²) in [7, 11) is 0. The van der Waals surface area contributed by atoms with Crippen LogP contribution < -0.4 is 10.1 Å². The van der Waals surface area contributed by atoms with Gasteiger partial charge in [-0.3, -0.25) is 9.59 Å². The van der Waals surface area contributed by atoms with Gasteiger partial charge in [0.2, 0.25) is 5.91 Å². The second kappa shape index (κ2) is 13.8. The number of ether oxygens (including phenoxy) is 4. The molecule has 196 valence electrons. The van der Waals surface area contributed by atoms with E-state index in [4.69, 9.17) is 18.9 Å². The van der Waals surface area contributed by atoms with Gasteiger partial charge in [0.25, 0.3) is 0 Å². The molecule has 0 atom stereocenters. The number of carbonyl (C=O) groups is 5. The van der Waals surface area contributed by atoms with Crippen LogP contribution in [0.4, 0.5) is 5.69 Å². The molecule has 0 radical (unpaired) electrons. The van der Waals surface area contributed by atoms with Gasteiger partial charge in [0.1, 0.15) is 25.6 Å². The fourth-order valence-electron chi connectivity index (χ4n) is 2.32. The van der Waals surface area contributed by atoms with Crippen LogP contribution in [0.1, 0.15) is 57.8 Å². The zero-order chi connectivity index (χ0) is 27.5. The highest BCUT2D eigenvalue weighted by Crippen LogP contribution is 2.26. The van der Waals surface area contributed by atoms with E-state index in [9.17, 15) is 24.0 Å². The van der Waals surface area contributed by atoms with Crippen molar-refractivity contribution in [1.82, 2.24) is 0 Å². The Morgan fingerprint density at radius 2 is 1.42 bits per heavy atom. The van der Waals surface area contributed by atoms with Gasteiger partial charge in [-0.05, 0) is 32.4 Å². The second-order valence-corrected chi connectivity index (χ2v) is 8.63. The lowest BCUT2D eigenvalue weighted by Crippen LogP contribution is -2.30. The van der Waals surface area contributed by atoms with Gasteiger partial charge in [0.05, 0.1) is 12.0 Å². The lowest BCUT2D eigenvalue weighted by Gasteiger charge is -2.22. The Morgan fingerprint density at radius 3 is 1.97 bits per heavy atom. The van der Waals surface area contributed by atoms with E-state index < -0.39 is 29.3 Å². The summed E-state index contributed by atoms with van der Waals surface area (Å²) in [5.74, 6) is -3.10. The molecule has 36 heavy (non-hydrogen) atoms. The Kier molecular flexibility index (Phi) is 11.5. The molecule has 0 bridgehead atoms. The highest BCUT2D eigenvalue weighted by molar-refractivity contribution is 5.97. The summed E-state index contributed by atoms with van der Waals surface area (Å²) < 4.78 is 20.1. The maximum Gasteiger partial charge on any atom is 0.338 e. The van der Waals surface area contributed by atoms with Crippen molar-refractivity contribution in [3.05, 3.63) is 48.1 Å². The van der Waals surface area contributed by atoms with E-state index in [1.807, 2.05) is 6.92 Å². The zero-order valence-corrected chi connectivity index (χ0v) is 21.4. The molecule has 0 fully saturated rings. The monoisotopic (exact) mass is 503 g/mol. The Bertz CT molecular complexity index is 1040. The number of hydrogen-bond acceptors (Lipinski definition) is 9. The van der Waals surface area contributed by atoms with Crippen LogP contribution >= 0.6 is 0 Å². The van der Waals surface area contributed by atoms with Crippen LogP contribution in [-0.4, -0.2) is 49.6 Å². The molecule has 1 aromatic rings. The van der Waals surface area contributed by atoms with Gasteiger partial charge >= 0.3 is 23.9 Å². The van der Waals surface area contributed by atoms with Crippen molar-refractivity contribution in [2.45, 2.75) is 47.5 Å². The molecule has 0 saturated heterocycles. The quantitative estimate of drug-likeness (QED) is 0.140. The Labute approximate surface area is 210 Å². The molecule has 10 nitrogen and oxygen atoms in total. The van der Waals surface area contributed by atoms with E-state index in [-0.39, 0.29) is 60.3 Å². The summed E-state index contributed by atoms with van der Waals surface area (Å²) in [6, 6.07) is 4.02. The maximum absolute atomic E-state index is 12.6. The summed E-state index contributed by atoms with van der Waals surface area (Å²) >= 11 is 0. The summed E-state index contributed by atoms with van der Waals surface area (Å²) in [5.41, 5.74) is -0.0840. The average molecular weight is 504 g/mol. The normalized spacial score (nSPS) is 10.6. The molecule has 1 N–H and O–H groups in total. The summed E-state index contributed by atoms with van der Waals surface area (Å²) in [6.45, 7) is 14.6. The number of rotatable bonds is 13. The number of hydrogen-bond donors (Lipinski definition) is 1. The Morgan fingerprint density at radius 1 is 0.861 bits per heavy atom. The van der Waals surface area contributed by atoms with Crippen molar-refractivity contribution in [2.75, 3.05) is 25.1 Å². The predicted molar refractivity (Wildman–Crippen MR) is 131 cm³/mol. The van der Waals surface area contributed by atoms with Gasteiger partial charge in [-0.15, -0.1) is 0 Å². The highest BCUT2D eigenvalue weighted by Gasteiger charge is 2.26. The largest absolute Gasteiger partial charge is 0.462 e. The molecule has 1 amide bonds. The minimum absolute atomic E-state index is 0.00941. The van der Waals surface area contributed by atoms with Crippen LogP contribution in [0.5, 0.6) is 5.75 Å². The molecule has 0 saturated carbocycles. The van der Waals surface area contributed by atoms with Crippen LogP contribution in [0, 0.1) is 5.41 Å². The van der Waals surface area contributed by atoms with Gasteiger partial charge < -0.3 is 24.3 Å². The number of carbonyl (C=O) groups excluding carboxylic acids is 5.